The van der Waals surface area contributed by atoms with E-state index in [1.165, 1.54) is 10.9 Å². The maximum Gasteiger partial charge on any atom is 0.200 e. The van der Waals surface area contributed by atoms with Crippen molar-refractivity contribution in [1.29, 1.82) is 0 Å². The molecule has 2 rings (SSSR count). The van der Waals surface area contributed by atoms with Crippen LogP contribution in [0.5, 0.6) is 0 Å². The molecule has 0 radical (unpaired) electrons. The van der Waals surface area contributed by atoms with Gasteiger partial charge in [0.1, 0.15) is 0 Å². The standard InChI is InChI=1S/C14H9F5N2O/c1-6-8(5-21(2)20-6)9(22)4-3-7-10(15)12(17)14(19)13(18)11(7)16/h3-5H,1-2H3/b4-3+. The quantitative estimate of drug-likeness (QED) is 0.286. The molecule has 0 atom stereocenters. The molecule has 2 aromatic rings. The molecule has 0 N–H and O–H groups in total. The summed E-state index contributed by atoms with van der Waals surface area (Å²) in [6, 6.07) is 0. The van der Waals surface area contributed by atoms with Crippen LogP contribution < -0.4 is 0 Å². The second kappa shape index (κ2) is 5.70. The maximum absolute atomic E-state index is 13.4. The molecule has 22 heavy (non-hydrogen) atoms. The fraction of sp³-hybridized carbons (Fsp3) is 0.143. The number of halogens is 5. The van der Waals surface area contributed by atoms with Crippen LogP contribution in [0.25, 0.3) is 6.08 Å². The van der Waals surface area contributed by atoms with Crippen LogP contribution >= 0.6 is 0 Å². The molecular formula is C14H9F5N2O. The smallest absolute Gasteiger partial charge is 0.200 e. The zero-order chi connectivity index (χ0) is 16.6. The van der Waals surface area contributed by atoms with Crippen molar-refractivity contribution in [2.45, 2.75) is 6.92 Å². The van der Waals surface area contributed by atoms with Crippen molar-refractivity contribution in [2.24, 2.45) is 7.05 Å². The summed E-state index contributed by atoms with van der Waals surface area (Å²) in [7, 11) is 1.57. The largest absolute Gasteiger partial charge is 0.289 e. The number of rotatable bonds is 3. The Labute approximate surface area is 121 Å². The van der Waals surface area contributed by atoms with Crippen molar-refractivity contribution < 1.29 is 26.7 Å². The van der Waals surface area contributed by atoms with Gasteiger partial charge in [-0.15, -0.1) is 0 Å². The maximum atomic E-state index is 13.4. The molecule has 1 aromatic heterocycles. The molecule has 0 aliphatic rings. The molecule has 0 aliphatic carbocycles. The molecule has 0 unspecified atom stereocenters. The third-order valence-corrected chi connectivity index (χ3v) is 2.92. The van der Waals surface area contributed by atoms with E-state index in [9.17, 15) is 26.7 Å². The lowest BCUT2D eigenvalue weighted by atomic mass is 10.1. The summed E-state index contributed by atoms with van der Waals surface area (Å²) < 4.78 is 67.2. The monoisotopic (exact) mass is 316 g/mol. The highest BCUT2D eigenvalue weighted by molar-refractivity contribution is 6.07. The van der Waals surface area contributed by atoms with Gasteiger partial charge in [-0.3, -0.25) is 9.48 Å². The number of aromatic nitrogens is 2. The van der Waals surface area contributed by atoms with Crippen LogP contribution in [0.15, 0.2) is 12.3 Å². The van der Waals surface area contributed by atoms with Gasteiger partial charge in [0.15, 0.2) is 29.1 Å². The minimum atomic E-state index is -2.25. The van der Waals surface area contributed by atoms with Gasteiger partial charge in [-0.25, -0.2) is 22.0 Å². The summed E-state index contributed by atoms with van der Waals surface area (Å²) >= 11 is 0. The Balaban J connectivity index is 2.43. The highest BCUT2D eigenvalue weighted by atomic mass is 19.2. The summed E-state index contributed by atoms with van der Waals surface area (Å²) in [5.74, 6) is -11.0. The van der Waals surface area contributed by atoms with Crippen LogP contribution in [0, 0.1) is 36.0 Å². The van der Waals surface area contributed by atoms with Crippen molar-refractivity contribution in [3.63, 3.8) is 0 Å². The summed E-state index contributed by atoms with van der Waals surface area (Å²) in [6.07, 6.45) is 2.65. The molecule has 0 bridgehead atoms. The van der Waals surface area contributed by atoms with E-state index in [0.29, 0.717) is 11.8 Å². The van der Waals surface area contributed by atoms with E-state index in [-0.39, 0.29) is 5.56 Å². The van der Waals surface area contributed by atoms with Gasteiger partial charge in [0, 0.05) is 13.2 Å². The van der Waals surface area contributed by atoms with Gasteiger partial charge in [-0.1, -0.05) is 0 Å². The fourth-order valence-corrected chi connectivity index (χ4v) is 1.86. The normalized spacial score (nSPS) is 11.4. The van der Waals surface area contributed by atoms with Crippen molar-refractivity contribution in [3.8, 4) is 0 Å². The topological polar surface area (TPSA) is 34.9 Å². The van der Waals surface area contributed by atoms with E-state index < -0.39 is 40.4 Å². The van der Waals surface area contributed by atoms with Crippen LogP contribution in [0.2, 0.25) is 0 Å². The van der Waals surface area contributed by atoms with Gasteiger partial charge in [0.05, 0.1) is 16.8 Å². The van der Waals surface area contributed by atoms with E-state index >= 15 is 0 Å². The first-order valence-corrected chi connectivity index (χ1v) is 5.98. The third-order valence-electron chi connectivity index (χ3n) is 2.92. The first-order valence-electron chi connectivity index (χ1n) is 5.98. The van der Waals surface area contributed by atoms with Gasteiger partial charge < -0.3 is 0 Å². The Morgan fingerprint density at radius 2 is 1.55 bits per heavy atom. The minimum absolute atomic E-state index is 0.155. The highest BCUT2D eigenvalue weighted by Crippen LogP contribution is 2.24. The number of benzene rings is 1. The summed E-state index contributed by atoms with van der Waals surface area (Å²) in [5, 5.41) is 3.91. The fourth-order valence-electron chi connectivity index (χ4n) is 1.86. The van der Waals surface area contributed by atoms with Crippen LogP contribution in [0.4, 0.5) is 22.0 Å². The Bertz CT molecular complexity index is 766. The molecule has 1 heterocycles. The third kappa shape index (κ3) is 2.63. The Kier molecular flexibility index (Phi) is 4.11. The van der Waals surface area contributed by atoms with Crippen LogP contribution in [-0.4, -0.2) is 15.6 Å². The molecular weight excluding hydrogens is 307 g/mol. The molecule has 1 aromatic carbocycles. The number of carbonyl (C=O) groups is 1. The van der Waals surface area contributed by atoms with E-state index in [1.807, 2.05) is 0 Å². The summed E-state index contributed by atoms with van der Waals surface area (Å²) in [4.78, 5) is 11.9. The number of hydrogen-bond donors (Lipinski definition) is 0. The predicted molar refractivity (Wildman–Crippen MR) is 67.5 cm³/mol. The second-order valence-electron chi connectivity index (χ2n) is 4.48. The summed E-state index contributed by atoms with van der Waals surface area (Å²) in [6.45, 7) is 1.54. The number of allylic oxidation sites excluding steroid dienone is 1. The van der Waals surface area contributed by atoms with Crippen LogP contribution in [-0.2, 0) is 7.05 Å². The van der Waals surface area contributed by atoms with Crippen molar-refractivity contribution in [2.75, 3.05) is 0 Å². The van der Waals surface area contributed by atoms with Crippen molar-refractivity contribution >= 4 is 11.9 Å². The molecule has 3 nitrogen and oxygen atoms in total. The first kappa shape index (κ1) is 15.9. The Hall–Kier alpha value is -2.51. The van der Waals surface area contributed by atoms with E-state index in [4.69, 9.17) is 0 Å². The molecule has 0 amide bonds. The SMILES string of the molecule is Cc1nn(C)cc1C(=O)/C=C/c1c(F)c(F)c(F)c(F)c1F. The van der Waals surface area contributed by atoms with Crippen LogP contribution in [0.1, 0.15) is 21.6 Å². The Morgan fingerprint density at radius 3 is 2.00 bits per heavy atom. The minimum Gasteiger partial charge on any atom is -0.289 e. The van der Waals surface area contributed by atoms with Gasteiger partial charge >= 0.3 is 0 Å². The lowest BCUT2D eigenvalue weighted by Crippen LogP contribution is -2.04. The molecule has 116 valence electrons. The van der Waals surface area contributed by atoms with E-state index in [0.717, 1.165) is 6.08 Å². The van der Waals surface area contributed by atoms with Crippen molar-refractivity contribution in [1.82, 2.24) is 9.78 Å². The van der Waals surface area contributed by atoms with Crippen LogP contribution in [0.3, 0.4) is 0 Å². The highest BCUT2D eigenvalue weighted by Gasteiger charge is 2.24. The van der Waals surface area contributed by atoms with E-state index in [1.54, 1.807) is 14.0 Å². The van der Waals surface area contributed by atoms with E-state index in [2.05, 4.69) is 5.10 Å². The molecule has 0 fully saturated rings. The Morgan fingerprint density at radius 1 is 1.05 bits per heavy atom. The number of hydrogen-bond acceptors (Lipinski definition) is 2. The molecule has 0 aliphatic heterocycles. The predicted octanol–water partition coefficient (Wildman–Crippen LogP) is 3.32. The van der Waals surface area contributed by atoms with Gasteiger partial charge in [-0.05, 0) is 19.1 Å². The molecule has 0 saturated heterocycles. The molecule has 0 saturated carbocycles. The van der Waals surface area contributed by atoms with Gasteiger partial charge in [-0.2, -0.15) is 5.10 Å². The average molecular weight is 316 g/mol. The lowest BCUT2D eigenvalue weighted by molar-refractivity contribution is 0.104. The first-order chi connectivity index (χ1) is 10.2. The average Bonchev–Trinajstić information content (AvgIpc) is 2.81. The zero-order valence-corrected chi connectivity index (χ0v) is 11.4. The summed E-state index contributed by atoms with van der Waals surface area (Å²) in [5.41, 5.74) is -0.650. The van der Waals surface area contributed by atoms with Gasteiger partial charge in [0.2, 0.25) is 5.82 Å². The zero-order valence-electron chi connectivity index (χ0n) is 11.4. The number of ketones is 1. The number of nitrogens with zero attached hydrogens (tertiary/aromatic N) is 2. The number of carbonyl (C=O) groups excluding carboxylic acids is 1. The molecule has 8 heteroatoms. The second-order valence-corrected chi connectivity index (χ2v) is 4.48. The van der Waals surface area contributed by atoms with Crippen molar-refractivity contribution in [3.05, 3.63) is 58.2 Å². The lowest BCUT2D eigenvalue weighted by Gasteiger charge is -2.03. The van der Waals surface area contributed by atoms with Gasteiger partial charge in [0.25, 0.3) is 0 Å². The molecule has 0 spiro atoms. The number of aryl methyl sites for hydroxylation is 2.